The molecule has 0 aromatic heterocycles. The van der Waals surface area contributed by atoms with Gasteiger partial charge < -0.3 is 19.7 Å². The summed E-state index contributed by atoms with van der Waals surface area (Å²) in [6.45, 7) is 7.23. The summed E-state index contributed by atoms with van der Waals surface area (Å²) in [5, 5.41) is 2.91. The number of sulfonamides is 1. The van der Waals surface area contributed by atoms with E-state index in [4.69, 9.17) is 9.47 Å². The van der Waals surface area contributed by atoms with Gasteiger partial charge in [0.05, 0.1) is 25.7 Å². The van der Waals surface area contributed by atoms with Crippen LogP contribution in [0.4, 0.5) is 5.69 Å². The third-order valence-corrected chi connectivity index (χ3v) is 6.92. The molecule has 0 aliphatic carbocycles. The van der Waals surface area contributed by atoms with Crippen molar-refractivity contribution in [2.75, 3.05) is 30.8 Å². The van der Waals surface area contributed by atoms with Crippen molar-refractivity contribution in [3.63, 3.8) is 0 Å². The minimum atomic E-state index is -3.85. The number of hydrogen-bond donors (Lipinski definition) is 1. The lowest BCUT2D eigenvalue weighted by molar-refractivity contribution is -0.139. The van der Waals surface area contributed by atoms with Crippen LogP contribution in [0.15, 0.2) is 48.5 Å². The number of amides is 2. The van der Waals surface area contributed by atoms with Crippen LogP contribution in [0.5, 0.6) is 11.5 Å². The van der Waals surface area contributed by atoms with Gasteiger partial charge in [-0.3, -0.25) is 13.9 Å². The molecule has 0 aliphatic rings. The Kier molecular flexibility index (Phi) is 10.6. The molecule has 0 saturated heterocycles. The lowest BCUT2D eigenvalue weighted by Crippen LogP contribution is -2.52. The van der Waals surface area contributed by atoms with Crippen LogP contribution in [0.2, 0.25) is 0 Å². The molecular weight excluding hydrogens is 482 g/mol. The second-order valence-electron chi connectivity index (χ2n) is 8.53. The van der Waals surface area contributed by atoms with E-state index in [9.17, 15) is 18.0 Å². The quantitative estimate of drug-likeness (QED) is 0.436. The first kappa shape index (κ1) is 29.0. The topological polar surface area (TPSA) is 105 Å². The number of carbonyl (C=O) groups is 2. The van der Waals surface area contributed by atoms with Gasteiger partial charge in [-0.1, -0.05) is 31.2 Å². The number of benzene rings is 2. The summed E-state index contributed by atoms with van der Waals surface area (Å²) in [5.41, 5.74) is 1.03. The van der Waals surface area contributed by atoms with E-state index in [1.165, 1.54) is 4.90 Å². The van der Waals surface area contributed by atoms with Crippen molar-refractivity contribution < 1.29 is 27.5 Å². The molecular formula is C26H37N3O6S. The Morgan fingerprint density at radius 1 is 1.03 bits per heavy atom. The fourth-order valence-electron chi connectivity index (χ4n) is 3.51. The van der Waals surface area contributed by atoms with E-state index >= 15 is 0 Å². The lowest BCUT2D eigenvalue weighted by atomic mass is 10.1. The molecule has 2 aromatic carbocycles. The Balaban J connectivity index is 2.42. The normalized spacial score (nSPS) is 12.8. The molecule has 0 bridgehead atoms. The molecule has 198 valence electrons. The van der Waals surface area contributed by atoms with Crippen molar-refractivity contribution in [3.05, 3.63) is 54.1 Å². The summed E-state index contributed by atoms with van der Waals surface area (Å²) >= 11 is 0. The van der Waals surface area contributed by atoms with Gasteiger partial charge in [0.2, 0.25) is 21.8 Å². The monoisotopic (exact) mass is 519 g/mol. The molecule has 1 N–H and O–H groups in total. The van der Waals surface area contributed by atoms with Crippen LogP contribution in [0.1, 0.15) is 39.7 Å². The molecule has 0 unspecified atom stereocenters. The Bertz CT molecular complexity index is 1120. The largest absolute Gasteiger partial charge is 0.497 e. The number of methoxy groups -OCH3 is 1. The Morgan fingerprint density at radius 3 is 2.22 bits per heavy atom. The number of para-hydroxylation sites is 2. The zero-order valence-electron chi connectivity index (χ0n) is 21.9. The predicted molar refractivity (Wildman–Crippen MR) is 141 cm³/mol. The number of nitrogens with one attached hydrogen (secondary N) is 1. The maximum Gasteiger partial charge on any atom is 0.244 e. The van der Waals surface area contributed by atoms with Crippen LogP contribution >= 0.6 is 0 Å². The van der Waals surface area contributed by atoms with Crippen LogP contribution in [0, 0.1) is 0 Å². The standard InChI is InChI=1S/C26H37N3O6S/c1-7-19(3)27-26(31)20(4)28(17-21-13-15-22(34-5)16-14-21)25(30)18-29(36(6,32)33)23-11-9-10-12-24(23)35-8-2/h9-16,19-20H,7-8,17-18H2,1-6H3,(H,27,31)/t19-,20+/m0/s1. The van der Waals surface area contributed by atoms with Gasteiger partial charge in [-0.15, -0.1) is 0 Å². The molecule has 0 saturated carbocycles. The molecule has 2 atom stereocenters. The van der Waals surface area contributed by atoms with Gasteiger partial charge in [0.1, 0.15) is 24.1 Å². The summed E-state index contributed by atoms with van der Waals surface area (Å²) in [4.78, 5) is 28.0. The molecule has 2 aromatic rings. The molecule has 2 rings (SSSR count). The van der Waals surface area contributed by atoms with E-state index in [1.54, 1.807) is 69.5 Å². The molecule has 2 amide bonds. The minimum Gasteiger partial charge on any atom is -0.497 e. The summed E-state index contributed by atoms with van der Waals surface area (Å²) < 4.78 is 37.4. The maximum atomic E-state index is 13.6. The van der Waals surface area contributed by atoms with Crippen molar-refractivity contribution in [2.24, 2.45) is 0 Å². The van der Waals surface area contributed by atoms with E-state index in [0.29, 0.717) is 18.1 Å². The average Bonchev–Trinajstić information content (AvgIpc) is 2.85. The third kappa shape index (κ3) is 7.87. The van der Waals surface area contributed by atoms with Crippen LogP contribution in [0.25, 0.3) is 0 Å². The molecule has 0 aliphatic heterocycles. The van der Waals surface area contributed by atoms with Crippen molar-refractivity contribution in [3.8, 4) is 11.5 Å². The van der Waals surface area contributed by atoms with Gasteiger partial charge in [-0.2, -0.15) is 0 Å². The van der Waals surface area contributed by atoms with Gasteiger partial charge in [-0.25, -0.2) is 8.42 Å². The van der Waals surface area contributed by atoms with Crippen molar-refractivity contribution in [2.45, 2.75) is 52.7 Å². The highest BCUT2D eigenvalue weighted by Crippen LogP contribution is 2.30. The third-order valence-electron chi connectivity index (χ3n) is 5.79. The number of anilines is 1. The van der Waals surface area contributed by atoms with E-state index in [2.05, 4.69) is 5.32 Å². The first-order valence-electron chi connectivity index (χ1n) is 11.9. The number of rotatable bonds is 13. The molecule has 0 spiro atoms. The number of nitrogens with zero attached hydrogens (tertiary/aromatic N) is 2. The van der Waals surface area contributed by atoms with Crippen LogP contribution in [-0.4, -0.2) is 63.7 Å². The van der Waals surface area contributed by atoms with Gasteiger partial charge in [0, 0.05) is 12.6 Å². The van der Waals surface area contributed by atoms with Crippen molar-refractivity contribution in [1.29, 1.82) is 0 Å². The zero-order chi connectivity index (χ0) is 26.9. The van der Waals surface area contributed by atoms with Gasteiger partial charge in [0.15, 0.2) is 0 Å². The Hall–Kier alpha value is -3.27. The second-order valence-corrected chi connectivity index (χ2v) is 10.4. The average molecular weight is 520 g/mol. The van der Waals surface area contributed by atoms with Crippen LogP contribution < -0.4 is 19.1 Å². The van der Waals surface area contributed by atoms with Crippen LogP contribution in [0.3, 0.4) is 0 Å². The summed E-state index contributed by atoms with van der Waals surface area (Å²) in [6.07, 6.45) is 1.77. The highest BCUT2D eigenvalue weighted by Gasteiger charge is 2.31. The van der Waals surface area contributed by atoms with E-state index in [0.717, 1.165) is 22.5 Å². The highest BCUT2D eigenvalue weighted by atomic mass is 32.2. The fourth-order valence-corrected chi connectivity index (χ4v) is 4.36. The zero-order valence-corrected chi connectivity index (χ0v) is 22.7. The summed E-state index contributed by atoms with van der Waals surface area (Å²) in [6, 6.07) is 12.9. The summed E-state index contributed by atoms with van der Waals surface area (Å²) in [7, 11) is -2.29. The predicted octanol–water partition coefficient (Wildman–Crippen LogP) is 3.19. The molecule has 0 fully saturated rings. The number of ether oxygens (including phenoxy) is 2. The number of carbonyl (C=O) groups excluding carboxylic acids is 2. The van der Waals surface area contributed by atoms with E-state index in [-0.39, 0.29) is 24.2 Å². The van der Waals surface area contributed by atoms with E-state index < -0.39 is 28.5 Å². The first-order chi connectivity index (χ1) is 17.0. The highest BCUT2D eigenvalue weighted by molar-refractivity contribution is 7.92. The van der Waals surface area contributed by atoms with Gasteiger partial charge in [-0.05, 0) is 57.0 Å². The molecule has 9 nitrogen and oxygen atoms in total. The van der Waals surface area contributed by atoms with Crippen molar-refractivity contribution >= 4 is 27.5 Å². The molecule has 0 heterocycles. The minimum absolute atomic E-state index is 0.0662. The fraction of sp³-hybridized carbons (Fsp3) is 0.462. The molecule has 10 heteroatoms. The van der Waals surface area contributed by atoms with Crippen molar-refractivity contribution in [1.82, 2.24) is 10.2 Å². The van der Waals surface area contributed by atoms with Gasteiger partial charge in [0.25, 0.3) is 0 Å². The second kappa shape index (κ2) is 13.2. The Labute approximate surface area is 214 Å². The SMILES string of the molecule is CCOc1ccccc1N(CC(=O)N(Cc1ccc(OC)cc1)[C@H](C)C(=O)N[C@@H](C)CC)S(C)(=O)=O. The molecule has 0 radical (unpaired) electrons. The lowest BCUT2D eigenvalue weighted by Gasteiger charge is -2.32. The Morgan fingerprint density at radius 2 is 1.67 bits per heavy atom. The van der Waals surface area contributed by atoms with Crippen LogP contribution in [-0.2, 0) is 26.2 Å². The molecule has 36 heavy (non-hydrogen) atoms. The van der Waals surface area contributed by atoms with Gasteiger partial charge >= 0.3 is 0 Å². The van der Waals surface area contributed by atoms with E-state index in [1.807, 2.05) is 13.8 Å². The number of hydrogen-bond acceptors (Lipinski definition) is 6. The summed E-state index contributed by atoms with van der Waals surface area (Å²) in [5.74, 6) is 0.179. The smallest absolute Gasteiger partial charge is 0.244 e. The maximum absolute atomic E-state index is 13.6. The first-order valence-corrected chi connectivity index (χ1v) is 13.8.